The summed E-state index contributed by atoms with van der Waals surface area (Å²) in [6, 6.07) is 6.11. The summed E-state index contributed by atoms with van der Waals surface area (Å²) in [5.41, 5.74) is 0. The third kappa shape index (κ3) is 2.53. The molecule has 0 aliphatic heterocycles. The number of halogens is 2. The van der Waals surface area contributed by atoms with E-state index in [1.54, 1.807) is 6.07 Å². The number of aromatic nitrogens is 1. The van der Waals surface area contributed by atoms with Crippen LogP contribution in [0, 0.1) is 0 Å². The number of carbonyl (C=O) groups excluding carboxylic acids is 1. The first kappa shape index (κ1) is 11.0. The van der Waals surface area contributed by atoms with E-state index >= 15 is 0 Å². The topological polar surface area (TPSA) is 55.1 Å². The van der Waals surface area contributed by atoms with Crippen LogP contribution in [0.25, 0.3) is 0 Å². The zero-order valence-electron chi connectivity index (χ0n) is 7.91. The quantitative estimate of drug-likeness (QED) is 0.898. The molecule has 0 spiro atoms. The van der Waals surface area contributed by atoms with Crippen molar-refractivity contribution in [2.24, 2.45) is 0 Å². The minimum atomic E-state index is -0.429. The van der Waals surface area contributed by atoms with Crippen molar-refractivity contribution in [3.8, 4) is 0 Å². The molecule has 0 bridgehead atoms. The van der Waals surface area contributed by atoms with E-state index in [0.29, 0.717) is 10.8 Å². The zero-order valence-corrected chi connectivity index (χ0v) is 9.42. The van der Waals surface area contributed by atoms with Crippen LogP contribution in [0.4, 0.5) is 5.82 Å². The van der Waals surface area contributed by atoms with Gasteiger partial charge < -0.3 is 9.73 Å². The van der Waals surface area contributed by atoms with Gasteiger partial charge in [-0.2, -0.15) is 0 Å². The summed E-state index contributed by atoms with van der Waals surface area (Å²) in [5, 5.41) is 3.17. The van der Waals surface area contributed by atoms with Crippen molar-refractivity contribution in [1.29, 1.82) is 0 Å². The molecule has 0 unspecified atom stereocenters. The third-order valence-corrected chi connectivity index (χ3v) is 2.20. The summed E-state index contributed by atoms with van der Waals surface area (Å²) >= 11 is 11.3. The van der Waals surface area contributed by atoms with E-state index in [1.807, 2.05) is 0 Å². The Balaban J connectivity index is 2.13. The van der Waals surface area contributed by atoms with Crippen molar-refractivity contribution >= 4 is 34.9 Å². The van der Waals surface area contributed by atoms with Crippen LogP contribution < -0.4 is 5.32 Å². The highest BCUT2D eigenvalue weighted by molar-refractivity contribution is 6.30. The maximum absolute atomic E-state index is 11.6. The van der Waals surface area contributed by atoms with E-state index in [2.05, 4.69) is 10.3 Å². The lowest BCUT2D eigenvalue weighted by Crippen LogP contribution is -2.11. The van der Waals surface area contributed by atoms with Crippen molar-refractivity contribution in [1.82, 2.24) is 4.98 Å². The largest absolute Gasteiger partial charge is 0.440 e. The van der Waals surface area contributed by atoms with Crippen molar-refractivity contribution in [2.45, 2.75) is 0 Å². The van der Waals surface area contributed by atoms with Crippen LogP contribution in [-0.4, -0.2) is 10.9 Å². The molecule has 0 aliphatic rings. The van der Waals surface area contributed by atoms with Gasteiger partial charge in [0.05, 0.1) is 0 Å². The standard InChI is InChI=1S/C10H6Cl2N2O2/c11-6-3-4-13-9(5-6)14-10(15)7-1-2-8(12)16-7/h1-5H,(H,13,14,15). The molecule has 6 heteroatoms. The Morgan fingerprint density at radius 3 is 2.75 bits per heavy atom. The van der Waals surface area contributed by atoms with E-state index < -0.39 is 5.91 Å². The van der Waals surface area contributed by atoms with Crippen molar-refractivity contribution in [3.05, 3.63) is 46.5 Å². The highest BCUT2D eigenvalue weighted by Gasteiger charge is 2.11. The first-order valence-corrected chi connectivity index (χ1v) is 5.09. The lowest BCUT2D eigenvalue weighted by molar-refractivity contribution is 0.0996. The second-order valence-electron chi connectivity index (χ2n) is 2.92. The summed E-state index contributed by atoms with van der Waals surface area (Å²) in [5.74, 6) is 0.0402. The second-order valence-corrected chi connectivity index (χ2v) is 3.73. The van der Waals surface area contributed by atoms with Crippen LogP contribution >= 0.6 is 23.2 Å². The number of amides is 1. The van der Waals surface area contributed by atoms with Crippen molar-refractivity contribution in [3.63, 3.8) is 0 Å². The van der Waals surface area contributed by atoms with Crippen LogP contribution in [0.2, 0.25) is 10.2 Å². The normalized spacial score (nSPS) is 10.1. The predicted molar refractivity (Wildman–Crippen MR) is 60.9 cm³/mol. The van der Waals surface area contributed by atoms with Gasteiger partial charge in [0, 0.05) is 11.2 Å². The fourth-order valence-corrected chi connectivity index (χ4v) is 1.39. The Labute approximate surface area is 101 Å². The van der Waals surface area contributed by atoms with Crippen LogP contribution in [0.3, 0.4) is 0 Å². The molecule has 0 atom stereocenters. The molecule has 0 saturated carbocycles. The summed E-state index contributed by atoms with van der Waals surface area (Å²) in [6.07, 6.45) is 1.49. The lowest BCUT2D eigenvalue weighted by atomic mass is 10.4. The van der Waals surface area contributed by atoms with E-state index in [-0.39, 0.29) is 11.0 Å². The smallest absolute Gasteiger partial charge is 0.292 e. The number of nitrogens with one attached hydrogen (secondary N) is 1. The summed E-state index contributed by atoms with van der Waals surface area (Å²) in [6.45, 7) is 0. The molecule has 2 rings (SSSR count). The van der Waals surface area contributed by atoms with Crippen LogP contribution in [-0.2, 0) is 0 Å². The molecule has 82 valence electrons. The number of furan rings is 1. The first-order chi connectivity index (χ1) is 7.65. The number of hydrogen-bond acceptors (Lipinski definition) is 3. The Bertz CT molecular complexity index is 525. The Morgan fingerprint density at radius 1 is 1.31 bits per heavy atom. The minimum Gasteiger partial charge on any atom is -0.440 e. The molecule has 2 aromatic heterocycles. The van der Waals surface area contributed by atoms with Gasteiger partial charge in [0.25, 0.3) is 5.91 Å². The molecule has 0 saturated heterocycles. The van der Waals surface area contributed by atoms with Crippen molar-refractivity contribution < 1.29 is 9.21 Å². The SMILES string of the molecule is O=C(Nc1cc(Cl)ccn1)c1ccc(Cl)o1. The van der Waals surface area contributed by atoms with Crippen LogP contribution in [0.1, 0.15) is 10.6 Å². The van der Waals surface area contributed by atoms with Gasteiger partial charge in [0.2, 0.25) is 0 Å². The van der Waals surface area contributed by atoms with E-state index in [4.69, 9.17) is 27.6 Å². The fraction of sp³-hybridized carbons (Fsp3) is 0. The van der Waals surface area contributed by atoms with Crippen LogP contribution in [0.15, 0.2) is 34.9 Å². The molecule has 0 aromatic carbocycles. The molecule has 0 aliphatic carbocycles. The molecule has 2 heterocycles. The number of pyridine rings is 1. The zero-order chi connectivity index (χ0) is 11.5. The van der Waals surface area contributed by atoms with Crippen molar-refractivity contribution in [2.75, 3.05) is 5.32 Å². The highest BCUT2D eigenvalue weighted by atomic mass is 35.5. The third-order valence-electron chi connectivity index (χ3n) is 1.76. The van der Waals surface area contributed by atoms with E-state index in [1.165, 1.54) is 24.4 Å². The first-order valence-electron chi connectivity index (χ1n) is 4.33. The minimum absolute atomic E-state index is 0.117. The van der Waals surface area contributed by atoms with E-state index in [0.717, 1.165) is 0 Å². The molecular formula is C10H6Cl2N2O2. The number of nitrogens with zero attached hydrogens (tertiary/aromatic N) is 1. The van der Waals surface area contributed by atoms with E-state index in [9.17, 15) is 4.79 Å². The summed E-state index contributed by atoms with van der Waals surface area (Å²) < 4.78 is 4.94. The number of rotatable bonds is 2. The van der Waals surface area contributed by atoms with Gasteiger partial charge >= 0.3 is 0 Å². The second kappa shape index (κ2) is 4.55. The van der Waals surface area contributed by atoms with Gasteiger partial charge in [-0.3, -0.25) is 4.79 Å². The van der Waals surface area contributed by atoms with Gasteiger partial charge in [-0.1, -0.05) is 11.6 Å². The van der Waals surface area contributed by atoms with Gasteiger partial charge in [-0.25, -0.2) is 4.98 Å². The molecule has 0 fully saturated rings. The maximum Gasteiger partial charge on any atom is 0.292 e. The molecule has 2 aromatic rings. The fourth-order valence-electron chi connectivity index (χ4n) is 1.09. The Kier molecular flexibility index (Phi) is 3.12. The molecule has 1 N–H and O–H groups in total. The molecular weight excluding hydrogens is 251 g/mol. The number of carbonyl (C=O) groups is 1. The molecule has 1 amide bonds. The predicted octanol–water partition coefficient (Wildman–Crippen LogP) is 3.23. The molecule has 0 radical (unpaired) electrons. The van der Waals surface area contributed by atoms with Crippen LogP contribution in [0.5, 0.6) is 0 Å². The Morgan fingerprint density at radius 2 is 2.12 bits per heavy atom. The van der Waals surface area contributed by atoms with Gasteiger partial charge in [-0.15, -0.1) is 0 Å². The van der Waals surface area contributed by atoms with Gasteiger partial charge in [0.15, 0.2) is 11.0 Å². The average molecular weight is 257 g/mol. The summed E-state index contributed by atoms with van der Waals surface area (Å²) in [7, 11) is 0. The maximum atomic E-state index is 11.6. The highest BCUT2D eigenvalue weighted by Crippen LogP contribution is 2.16. The molecule has 4 nitrogen and oxygen atoms in total. The number of anilines is 1. The summed E-state index contributed by atoms with van der Waals surface area (Å²) in [4.78, 5) is 15.5. The Hall–Kier alpha value is -1.52. The lowest BCUT2D eigenvalue weighted by Gasteiger charge is -2.01. The van der Waals surface area contributed by atoms with Gasteiger partial charge in [0.1, 0.15) is 5.82 Å². The monoisotopic (exact) mass is 256 g/mol. The van der Waals surface area contributed by atoms with Gasteiger partial charge in [-0.05, 0) is 35.9 Å². The average Bonchev–Trinajstić information content (AvgIpc) is 2.65. The number of hydrogen-bond donors (Lipinski definition) is 1. The molecule has 16 heavy (non-hydrogen) atoms.